The van der Waals surface area contributed by atoms with Crippen LogP contribution in [-0.4, -0.2) is 11.5 Å². The normalized spacial score (nSPS) is 15.6. The minimum absolute atomic E-state index is 0. The van der Waals surface area contributed by atoms with Gasteiger partial charge in [0.2, 0.25) is 0 Å². The van der Waals surface area contributed by atoms with Crippen molar-refractivity contribution < 1.29 is 4.42 Å². The van der Waals surface area contributed by atoms with Gasteiger partial charge in [0.05, 0.1) is 5.69 Å². The van der Waals surface area contributed by atoms with Crippen molar-refractivity contribution in [2.24, 2.45) is 0 Å². The molecule has 3 nitrogen and oxygen atoms in total. The highest BCUT2D eigenvalue weighted by Gasteiger charge is 2.11. The fourth-order valence-corrected chi connectivity index (χ4v) is 1.05. The molecule has 2 rings (SSSR count). The Kier molecular flexibility index (Phi) is 2.29. The number of nitrogens with one attached hydrogen (secondary N) is 1. The van der Waals surface area contributed by atoms with Crippen LogP contribution in [-0.2, 0) is 13.0 Å². The molecule has 4 heteroatoms. The van der Waals surface area contributed by atoms with E-state index in [9.17, 15) is 0 Å². The topological polar surface area (TPSA) is 38.1 Å². The Morgan fingerprint density at radius 2 is 2.50 bits per heavy atom. The zero-order chi connectivity index (χ0) is 6.10. The molecule has 1 aromatic heterocycles. The maximum atomic E-state index is 5.10. The lowest BCUT2D eigenvalue weighted by Crippen LogP contribution is -2.22. The number of hydrogen-bond donors (Lipinski definition) is 1. The van der Waals surface area contributed by atoms with Gasteiger partial charge in [0.25, 0.3) is 0 Å². The SMILES string of the molecule is Cl.c1nc2c(o1)CCNC2. The Bertz CT molecular complexity index is 191. The maximum Gasteiger partial charge on any atom is 0.181 e. The van der Waals surface area contributed by atoms with E-state index in [1.165, 1.54) is 6.39 Å². The zero-order valence-electron chi connectivity index (χ0n) is 5.46. The van der Waals surface area contributed by atoms with Gasteiger partial charge < -0.3 is 9.73 Å². The first-order valence-corrected chi connectivity index (χ1v) is 3.09. The molecule has 1 N–H and O–H groups in total. The summed E-state index contributed by atoms with van der Waals surface area (Å²) in [4.78, 5) is 4.03. The summed E-state index contributed by atoms with van der Waals surface area (Å²) in [7, 11) is 0. The van der Waals surface area contributed by atoms with E-state index >= 15 is 0 Å². The van der Waals surface area contributed by atoms with Crippen LogP contribution < -0.4 is 5.32 Å². The van der Waals surface area contributed by atoms with Crippen molar-refractivity contribution in [3.8, 4) is 0 Å². The van der Waals surface area contributed by atoms with E-state index in [2.05, 4.69) is 10.3 Å². The molecule has 0 atom stereocenters. The van der Waals surface area contributed by atoms with Crippen molar-refractivity contribution in [2.45, 2.75) is 13.0 Å². The quantitative estimate of drug-likeness (QED) is 0.609. The Morgan fingerprint density at radius 1 is 1.60 bits per heavy atom. The summed E-state index contributed by atoms with van der Waals surface area (Å²) < 4.78 is 5.10. The summed E-state index contributed by atoms with van der Waals surface area (Å²) in [5.41, 5.74) is 1.07. The molecule has 10 heavy (non-hydrogen) atoms. The minimum atomic E-state index is 0. The smallest absolute Gasteiger partial charge is 0.181 e. The number of fused-ring (bicyclic) bond motifs is 1. The van der Waals surface area contributed by atoms with Crippen molar-refractivity contribution >= 4 is 12.4 Å². The first-order chi connectivity index (χ1) is 4.47. The summed E-state index contributed by atoms with van der Waals surface area (Å²) in [5.74, 6) is 1.05. The van der Waals surface area contributed by atoms with E-state index in [1.807, 2.05) is 0 Å². The Balaban J connectivity index is 0.000000500. The van der Waals surface area contributed by atoms with Crippen molar-refractivity contribution in [3.05, 3.63) is 17.8 Å². The summed E-state index contributed by atoms with van der Waals surface area (Å²) >= 11 is 0. The van der Waals surface area contributed by atoms with Gasteiger partial charge in [-0.2, -0.15) is 0 Å². The second kappa shape index (κ2) is 3.03. The van der Waals surface area contributed by atoms with E-state index in [0.717, 1.165) is 31.0 Å². The van der Waals surface area contributed by atoms with Crippen LogP contribution in [0.15, 0.2) is 10.8 Å². The van der Waals surface area contributed by atoms with Crippen LogP contribution in [0.5, 0.6) is 0 Å². The zero-order valence-corrected chi connectivity index (χ0v) is 6.28. The second-order valence-corrected chi connectivity index (χ2v) is 2.15. The van der Waals surface area contributed by atoms with Gasteiger partial charge in [-0.25, -0.2) is 4.98 Å². The number of hydrogen-bond acceptors (Lipinski definition) is 3. The Labute approximate surface area is 65.2 Å². The second-order valence-electron chi connectivity index (χ2n) is 2.15. The van der Waals surface area contributed by atoms with Crippen LogP contribution in [0.25, 0.3) is 0 Å². The highest BCUT2D eigenvalue weighted by atomic mass is 35.5. The molecule has 0 saturated heterocycles. The van der Waals surface area contributed by atoms with Crippen LogP contribution in [0.1, 0.15) is 11.5 Å². The summed E-state index contributed by atoms with van der Waals surface area (Å²) in [5, 5.41) is 3.20. The Hall–Kier alpha value is -0.540. The lowest BCUT2D eigenvalue weighted by atomic mass is 10.2. The molecule has 0 aliphatic carbocycles. The van der Waals surface area contributed by atoms with Crippen molar-refractivity contribution in [1.29, 1.82) is 0 Å². The minimum Gasteiger partial charge on any atom is -0.448 e. The van der Waals surface area contributed by atoms with Crippen LogP contribution in [0.2, 0.25) is 0 Å². The average molecular weight is 161 g/mol. The van der Waals surface area contributed by atoms with Crippen molar-refractivity contribution in [1.82, 2.24) is 10.3 Å². The largest absolute Gasteiger partial charge is 0.448 e. The predicted molar refractivity (Wildman–Crippen MR) is 39.2 cm³/mol. The van der Waals surface area contributed by atoms with Gasteiger partial charge in [-0.15, -0.1) is 12.4 Å². The van der Waals surface area contributed by atoms with E-state index in [4.69, 9.17) is 4.42 Å². The Morgan fingerprint density at radius 3 is 3.30 bits per heavy atom. The fourth-order valence-electron chi connectivity index (χ4n) is 1.05. The standard InChI is InChI=1S/C6H8N2O.ClH/c1-2-7-3-5-6(1)9-4-8-5;/h4,7H,1-3H2;1H. The van der Waals surface area contributed by atoms with Gasteiger partial charge >= 0.3 is 0 Å². The van der Waals surface area contributed by atoms with Gasteiger partial charge in [0.1, 0.15) is 5.76 Å². The van der Waals surface area contributed by atoms with Gasteiger partial charge in [-0.3, -0.25) is 0 Å². The fraction of sp³-hybridized carbons (Fsp3) is 0.500. The van der Waals surface area contributed by atoms with Crippen molar-refractivity contribution in [2.75, 3.05) is 6.54 Å². The molecule has 0 saturated carbocycles. The molecule has 1 aromatic rings. The number of rotatable bonds is 0. The van der Waals surface area contributed by atoms with E-state index in [0.29, 0.717) is 0 Å². The molecule has 1 aliphatic rings. The number of aromatic nitrogens is 1. The van der Waals surface area contributed by atoms with Gasteiger partial charge in [-0.05, 0) is 0 Å². The third-order valence-electron chi connectivity index (χ3n) is 1.55. The highest BCUT2D eigenvalue weighted by Crippen LogP contribution is 2.09. The number of oxazole rings is 1. The van der Waals surface area contributed by atoms with Crippen LogP contribution in [0.4, 0.5) is 0 Å². The molecule has 0 unspecified atom stereocenters. The lowest BCUT2D eigenvalue weighted by Gasteiger charge is -2.08. The molecule has 0 bridgehead atoms. The van der Waals surface area contributed by atoms with Crippen LogP contribution in [0, 0.1) is 0 Å². The van der Waals surface area contributed by atoms with Crippen LogP contribution in [0.3, 0.4) is 0 Å². The maximum absolute atomic E-state index is 5.10. The molecule has 0 aromatic carbocycles. The molecule has 0 amide bonds. The first-order valence-electron chi connectivity index (χ1n) is 3.09. The summed E-state index contributed by atoms with van der Waals surface area (Å²) in [6.45, 7) is 1.88. The molecule has 0 radical (unpaired) electrons. The van der Waals surface area contributed by atoms with Crippen molar-refractivity contribution in [3.63, 3.8) is 0 Å². The molecule has 1 aliphatic heterocycles. The predicted octanol–water partition coefficient (Wildman–Crippen LogP) is 0.742. The van der Waals surface area contributed by atoms with Gasteiger partial charge in [0, 0.05) is 19.5 Å². The van der Waals surface area contributed by atoms with Crippen LogP contribution >= 0.6 is 12.4 Å². The first kappa shape index (κ1) is 7.57. The molecule has 2 heterocycles. The number of halogens is 1. The van der Waals surface area contributed by atoms with E-state index < -0.39 is 0 Å². The lowest BCUT2D eigenvalue weighted by molar-refractivity contribution is 0.474. The van der Waals surface area contributed by atoms with E-state index in [1.54, 1.807) is 0 Å². The third kappa shape index (κ3) is 1.15. The molecular formula is C6H9ClN2O. The monoisotopic (exact) mass is 160 g/mol. The summed E-state index contributed by atoms with van der Waals surface area (Å²) in [6, 6.07) is 0. The molecular weight excluding hydrogens is 152 g/mol. The number of nitrogens with zero attached hydrogens (tertiary/aromatic N) is 1. The average Bonchev–Trinajstić information content (AvgIpc) is 2.33. The highest BCUT2D eigenvalue weighted by molar-refractivity contribution is 5.85. The van der Waals surface area contributed by atoms with E-state index in [-0.39, 0.29) is 12.4 Å². The molecule has 0 spiro atoms. The molecule has 56 valence electrons. The summed E-state index contributed by atoms with van der Waals surface area (Å²) in [6.07, 6.45) is 2.49. The molecule has 0 fully saturated rings. The third-order valence-corrected chi connectivity index (χ3v) is 1.55. The van der Waals surface area contributed by atoms with Gasteiger partial charge in [0.15, 0.2) is 6.39 Å². The van der Waals surface area contributed by atoms with Gasteiger partial charge in [-0.1, -0.05) is 0 Å².